The number of aryl methyl sites for hydroxylation is 1. The Bertz CT molecular complexity index is 377. The van der Waals surface area contributed by atoms with Gasteiger partial charge in [0.25, 0.3) is 0 Å². The molecule has 2 N–H and O–H groups in total. The fourth-order valence-corrected chi connectivity index (χ4v) is 2.15. The summed E-state index contributed by atoms with van der Waals surface area (Å²) in [7, 11) is 1.55. The molecule has 4 heteroatoms. The van der Waals surface area contributed by atoms with Crippen molar-refractivity contribution in [3.05, 3.63) is 27.7 Å². The van der Waals surface area contributed by atoms with Crippen molar-refractivity contribution in [3.8, 4) is 5.75 Å². The molecular formula is C11H14BrNO2. The molecule has 0 heterocycles. The molecule has 0 spiro atoms. The fraction of sp³-hybridized carbons (Fsp3) is 0.364. The normalized spacial score (nSPS) is 10.1. The molecule has 0 aliphatic rings. The van der Waals surface area contributed by atoms with Crippen LogP contribution in [-0.2, 0) is 0 Å². The molecule has 0 fully saturated rings. The van der Waals surface area contributed by atoms with Crippen molar-refractivity contribution in [1.82, 2.24) is 0 Å². The maximum Gasteiger partial charge on any atom is 0.167 e. The summed E-state index contributed by atoms with van der Waals surface area (Å²) in [5, 5.41) is 0. The number of benzene rings is 1. The van der Waals surface area contributed by atoms with Gasteiger partial charge >= 0.3 is 0 Å². The smallest absolute Gasteiger partial charge is 0.167 e. The predicted octanol–water partition coefficient (Wildman–Crippen LogP) is 2.30. The first-order valence-corrected chi connectivity index (χ1v) is 5.46. The molecule has 0 aliphatic heterocycles. The number of hydrogen-bond donors (Lipinski definition) is 1. The highest BCUT2D eigenvalue weighted by atomic mass is 79.9. The highest BCUT2D eigenvalue weighted by Crippen LogP contribution is 2.31. The van der Waals surface area contributed by atoms with E-state index in [-0.39, 0.29) is 5.78 Å². The number of carbonyl (C=O) groups excluding carboxylic acids is 1. The summed E-state index contributed by atoms with van der Waals surface area (Å²) in [6.45, 7) is 2.29. The van der Waals surface area contributed by atoms with E-state index in [9.17, 15) is 4.79 Å². The van der Waals surface area contributed by atoms with E-state index in [4.69, 9.17) is 10.5 Å². The van der Waals surface area contributed by atoms with E-state index >= 15 is 0 Å². The number of methoxy groups -OCH3 is 1. The average molecular weight is 272 g/mol. The lowest BCUT2D eigenvalue weighted by Gasteiger charge is -2.10. The van der Waals surface area contributed by atoms with E-state index < -0.39 is 0 Å². The third-order valence-electron chi connectivity index (χ3n) is 2.06. The lowest BCUT2D eigenvalue weighted by Crippen LogP contribution is -2.09. The van der Waals surface area contributed by atoms with Crippen LogP contribution in [0.3, 0.4) is 0 Å². The van der Waals surface area contributed by atoms with Crippen molar-refractivity contribution < 1.29 is 9.53 Å². The van der Waals surface area contributed by atoms with Gasteiger partial charge in [0.05, 0.1) is 17.1 Å². The third kappa shape index (κ3) is 2.79. The molecule has 0 aliphatic carbocycles. The van der Waals surface area contributed by atoms with Crippen LogP contribution >= 0.6 is 15.9 Å². The van der Waals surface area contributed by atoms with E-state index in [2.05, 4.69) is 15.9 Å². The largest absolute Gasteiger partial charge is 0.495 e. The van der Waals surface area contributed by atoms with Crippen LogP contribution in [0.5, 0.6) is 5.75 Å². The van der Waals surface area contributed by atoms with Gasteiger partial charge in [-0.25, -0.2) is 0 Å². The SMILES string of the molecule is COc1c(Br)cc(C)cc1C(=O)CCN. The third-order valence-corrected chi connectivity index (χ3v) is 2.65. The standard InChI is InChI=1S/C11H14BrNO2/c1-7-5-8(10(14)3-4-13)11(15-2)9(12)6-7/h5-6H,3-4,13H2,1-2H3. The Kier molecular flexibility index (Phi) is 4.29. The fourth-order valence-electron chi connectivity index (χ4n) is 1.41. The van der Waals surface area contributed by atoms with Crippen LogP contribution in [0.2, 0.25) is 0 Å². The minimum absolute atomic E-state index is 0.0127. The number of carbonyl (C=O) groups is 1. The molecule has 0 bridgehead atoms. The second kappa shape index (κ2) is 5.28. The number of ketones is 1. The van der Waals surface area contributed by atoms with Crippen molar-refractivity contribution in [3.63, 3.8) is 0 Å². The average Bonchev–Trinajstić information content (AvgIpc) is 2.17. The van der Waals surface area contributed by atoms with Crippen LogP contribution in [0.4, 0.5) is 0 Å². The molecule has 1 rings (SSSR count). The summed E-state index contributed by atoms with van der Waals surface area (Å²) in [5.41, 5.74) is 6.97. The van der Waals surface area contributed by atoms with Gasteiger partial charge in [-0.1, -0.05) is 0 Å². The van der Waals surface area contributed by atoms with Gasteiger partial charge in [-0.3, -0.25) is 4.79 Å². The Morgan fingerprint density at radius 2 is 2.20 bits per heavy atom. The summed E-state index contributed by atoms with van der Waals surface area (Å²) in [4.78, 5) is 11.7. The zero-order valence-electron chi connectivity index (χ0n) is 8.84. The first kappa shape index (κ1) is 12.2. The monoisotopic (exact) mass is 271 g/mol. The lowest BCUT2D eigenvalue weighted by atomic mass is 10.0. The maximum atomic E-state index is 11.7. The van der Waals surface area contributed by atoms with Crippen LogP contribution < -0.4 is 10.5 Å². The van der Waals surface area contributed by atoms with Crippen LogP contribution in [0.25, 0.3) is 0 Å². The van der Waals surface area contributed by atoms with Crippen molar-refractivity contribution in [1.29, 1.82) is 0 Å². The Balaban J connectivity index is 3.20. The lowest BCUT2D eigenvalue weighted by molar-refractivity contribution is 0.0982. The summed E-state index contributed by atoms with van der Waals surface area (Å²) in [6.07, 6.45) is 0.340. The first-order valence-electron chi connectivity index (χ1n) is 4.67. The van der Waals surface area contributed by atoms with Gasteiger partial charge in [-0.05, 0) is 47.1 Å². The molecule has 0 radical (unpaired) electrons. The zero-order valence-corrected chi connectivity index (χ0v) is 10.4. The molecule has 1 aromatic carbocycles. The van der Waals surface area contributed by atoms with E-state index in [0.717, 1.165) is 10.0 Å². The quantitative estimate of drug-likeness (QED) is 0.855. The Labute approximate surface area is 97.7 Å². The van der Waals surface area contributed by atoms with Crippen LogP contribution in [0.1, 0.15) is 22.3 Å². The number of halogens is 1. The van der Waals surface area contributed by atoms with E-state index in [0.29, 0.717) is 24.3 Å². The summed E-state index contributed by atoms with van der Waals surface area (Å²) in [6, 6.07) is 3.74. The van der Waals surface area contributed by atoms with E-state index in [1.54, 1.807) is 7.11 Å². The van der Waals surface area contributed by atoms with Gasteiger partial charge in [0.15, 0.2) is 5.78 Å². The number of rotatable bonds is 4. The van der Waals surface area contributed by atoms with Crippen molar-refractivity contribution in [2.75, 3.05) is 13.7 Å². The molecular weight excluding hydrogens is 258 g/mol. The first-order chi connectivity index (χ1) is 7.10. The van der Waals surface area contributed by atoms with Gasteiger partial charge < -0.3 is 10.5 Å². The number of Topliss-reactive ketones (excluding diaryl/α,β-unsaturated/α-hetero) is 1. The predicted molar refractivity (Wildman–Crippen MR) is 63.4 cm³/mol. The summed E-state index contributed by atoms with van der Waals surface area (Å²) in [5.74, 6) is 0.595. The highest BCUT2D eigenvalue weighted by Gasteiger charge is 2.14. The highest BCUT2D eigenvalue weighted by molar-refractivity contribution is 9.10. The molecule has 82 valence electrons. The molecule has 0 saturated carbocycles. The molecule has 1 aromatic rings. The zero-order chi connectivity index (χ0) is 11.4. The van der Waals surface area contributed by atoms with E-state index in [1.807, 2.05) is 19.1 Å². The molecule has 0 unspecified atom stereocenters. The second-order valence-electron chi connectivity index (χ2n) is 3.29. The minimum atomic E-state index is 0.0127. The minimum Gasteiger partial charge on any atom is -0.495 e. The van der Waals surface area contributed by atoms with Gasteiger partial charge in [-0.15, -0.1) is 0 Å². The van der Waals surface area contributed by atoms with Gasteiger partial charge in [0.1, 0.15) is 5.75 Å². The van der Waals surface area contributed by atoms with Crippen LogP contribution in [0, 0.1) is 6.92 Å². The molecule has 0 atom stereocenters. The Morgan fingerprint density at radius 3 is 2.73 bits per heavy atom. The van der Waals surface area contributed by atoms with Gasteiger partial charge in [-0.2, -0.15) is 0 Å². The molecule has 0 saturated heterocycles. The molecule has 0 amide bonds. The van der Waals surface area contributed by atoms with Gasteiger partial charge in [0, 0.05) is 6.42 Å². The maximum absolute atomic E-state index is 11.7. The Morgan fingerprint density at radius 1 is 1.53 bits per heavy atom. The van der Waals surface area contributed by atoms with Gasteiger partial charge in [0.2, 0.25) is 0 Å². The number of nitrogens with two attached hydrogens (primary N) is 1. The van der Waals surface area contributed by atoms with Crippen LogP contribution in [0.15, 0.2) is 16.6 Å². The van der Waals surface area contributed by atoms with Crippen molar-refractivity contribution >= 4 is 21.7 Å². The second-order valence-corrected chi connectivity index (χ2v) is 4.14. The van der Waals surface area contributed by atoms with Crippen LogP contribution in [-0.4, -0.2) is 19.4 Å². The molecule has 3 nitrogen and oxygen atoms in total. The molecule has 15 heavy (non-hydrogen) atoms. The van der Waals surface area contributed by atoms with E-state index in [1.165, 1.54) is 0 Å². The topological polar surface area (TPSA) is 52.3 Å². The molecule has 0 aromatic heterocycles. The van der Waals surface area contributed by atoms with Crippen molar-refractivity contribution in [2.45, 2.75) is 13.3 Å². The summed E-state index contributed by atoms with van der Waals surface area (Å²) < 4.78 is 5.99. The number of hydrogen-bond acceptors (Lipinski definition) is 3. The summed E-state index contributed by atoms with van der Waals surface area (Å²) >= 11 is 3.37. The van der Waals surface area contributed by atoms with Crippen molar-refractivity contribution in [2.24, 2.45) is 5.73 Å². The Hall–Kier alpha value is -0.870. The number of ether oxygens (including phenoxy) is 1.